The average molecular weight is 519 g/mol. The maximum Gasteiger partial charge on any atom is 0.193 e. The van der Waals surface area contributed by atoms with E-state index < -0.39 is 0 Å². The van der Waals surface area contributed by atoms with Gasteiger partial charge in [0.1, 0.15) is 5.82 Å². The zero-order valence-electron chi connectivity index (χ0n) is 17.6. The third-order valence-electron chi connectivity index (χ3n) is 5.44. The number of aliphatic imine (C=N–C) groups is 1. The van der Waals surface area contributed by atoms with E-state index in [-0.39, 0.29) is 24.0 Å². The van der Waals surface area contributed by atoms with Crippen LogP contribution in [0.2, 0.25) is 0 Å². The topological polar surface area (TPSA) is 47.0 Å². The fourth-order valence-corrected chi connectivity index (χ4v) is 4.86. The standard InChI is InChI=1S/C20H34N6S.HI/c1-16(2)18-15-26(11-12-27-18)20(21-3)23-14-17-5-6-22-19(13-17)25-9-7-24(4)8-10-25;/h5-6,13,16,18H,7-12,14-15H2,1-4H3,(H,21,23);1H. The van der Waals surface area contributed by atoms with Gasteiger partial charge in [0.25, 0.3) is 0 Å². The molecule has 6 nitrogen and oxygen atoms in total. The minimum absolute atomic E-state index is 0. The fourth-order valence-electron chi connectivity index (χ4n) is 3.56. The van der Waals surface area contributed by atoms with E-state index in [0.717, 1.165) is 57.6 Å². The van der Waals surface area contributed by atoms with Crippen LogP contribution in [0.15, 0.2) is 23.3 Å². The molecule has 1 aromatic heterocycles. The number of thioether (sulfide) groups is 1. The van der Waals surface area contributed by atoms with Gasteiger partial charge < -0.3 is 20.0 Å². The molecule has 1 N–H and O–H groups in total. The van der Waals surface area contributed by atoms with Crippen molar-refractivity contribution in [2.75, 3.05) is 64.0 Å². The highest BCUT2D eigenvalue weighted by molar-refractivity contribution is 14.0. The summed E-state index contributed by atoms with van der Waals surface area (Å²) in [5.41, 5.74) is 1.26. The number of guanidine groups is 1. The Balaban J connectivity index is 0.00000280. The number of nitrogens with zero attached hydrogens (tertiary/aromatic N) is 5. The van der Waals surface area contributed by atoms with Crippen LogP contribution in [-0.2, 0) is 6.54 Å². The number of hydrogen-bond donors (Lipinski definition) is 1. The quantitative estimate of drug-likeness (QED) is 0.376. The van der Waals surface area contributed by atoms with Gasteiger partial charge in [-0.25, -0.2) is 4.98 Å². The zero-order valence-corrected chi connectivity index (χ0v) is 20.7. The first-order valence-electron chi connectivity index (χ1n) is 10.0. The number of halogens is 1. The van der Waals surface area contributed by atoms with Gasteiger partial charge in [0.2, 0.25) is 0 Å². The summed E-state index contributed by atoms with van der Waals surface area (Å²) < 4.78 is 0. The number of anilines is 1. The number of nitrogens with one attached hydrogen (secondary N) is 1. The van der Waals surface area contributed by atoms with Crippen LogP contribution in [0.25, 0.3) is 0 Å². The van der Waals surface area contributed by atoms with Crippen molar-refractivity contribution in [1.29, 1.82) is 0 Å². The average Bonchev–Trinajstić information content (AvgIpc) is 2.69. The molecular weight excluding hydrogens is 483 g/mol. The van der Waals surface area contributed by atoms with E-state index in [1.54, 1.807) is 0 Å². The van der Waals surface area contributed by atoms with Gasteiger partial charge >= 0.3 is 0 Å². The molecule has 2 aliphatic heterocycles. The molecule has 0 amide bonds. The Morgan fingerprint density at radius 3 is 2.71 bits per heavy atom. The monoisotopic (exact) mass is 518 g/mol. The highest BCUT2D eigenvalue weighted by Crippen LogP contribution is 2.25. The smallest absolute Gasteiger partial charge is 0.193 e. The third-order valence-corrected chi connectivity index (χ3v) is 6.98. The Labute approximate surface area is 191 Å². The number of aromatic nitrogens is 1. The minimum atomic E-state index is 0. The van der Waals surface area contributed by atoms with Crippen molar-refractivity contribution in [2.45, 2.75) is 25.6 Å². The second-order valence-corrected chi connectivity index (χ2v) is 9.16. The van der Waals surface area contributed by atoms with E-state index in [1.807, 2.05) is 13.2 Å². The van der Waals surface area contributed by atoms with Crippen molar-refractivity contribution in [1.82, 2.24) is 20.1 Å². The van der Waals surface area contributed by atoms with Gasteiger partial charge in [-0.05, 0) is 30.7 Å². The van der Waals surface area contributed by atoms with Crippen molar-refractivity contribution in [3.63, 3.8) is 0 Å². The van der Waals surface area contributed by atoms with E-state index in [2.05, 4.69) is 74.8 Å². The Morgan fingerprint density at radius 2 is 2.04 bits per heavy atom. The van der Waals surface area contributed by atoms with Gasteiger partial charge in [0, 0.05) is 70.1 Å². The number of rotatable bonds is 4. The minimum Gasteiger partial charge on any atom is -0.354 e. The molecular formula is C20H35IN6S. The lowest BCUT2D eigenvalue weighted by molar-refractivity contribution is 0.312. The molecule has 0 radical (unpaired) electrons. The molecule has 2 fully saturated rings. The molecule has 0 spiro atoms. The maximum atomic E-state index is 4.59. The second-order valence-electron chi connectivity index (χ2n) is 7.81. The van der Waals surface area contributed by atoms with Gasteiger partial charge in [0.15, 0.2) is 5.96 Å². The number of likely N-dealkylation sites (N-methyl/N-ethyl adjacent to an activating group) is 1. The van der Waals surface area contributed by atoms with Crippen LogP contribution in [0.5, 0.6) is 0 Å². The van der Waals surface area contributed by atoms with Crippen molar-refractivity contribution < 1.29 is 0 Å². The molecule has 3 rings (SSSR count). The summed E-state index contributed by atoms with van der Waals surface area (Å²) in [6, 6.07) is 4.32. The van der Waals surface area contributed by atoms with Crippen LogP contribution in [-0.4, -0.2) is 85.1 Å². The molecule has 0 aromatic carbocycles. The summed E-state index contributed by atoms with van der Waals surface area (Å²) in [6.07, 6.45) is 1.93. The Morgan fingerprint density at radius 1 is 1.29 bits per heavy atom. The first kappa shape index (κ1) is 23.5. The Hall–Kier alpha value is -0.740. The predicted octanol–water partition coefficient (Wildman–Crippen LogP) is 2.60. The highest BCUT2D eigenvalue weighted by atomic mass is 127. The molecule has 1 aromatic rings. The molecule has 0 bridgehead atoms. The molecule has 0 saturated carbocycles. The lowest BCUT2D eigenvalue weighted by atomic mass is 10.1. The van der Waals surface area contributed by atoms with Crippen LogP contribution in [0.1, 0.15) is 19.4 Å². The van der Waals surface area contributed by atoms with Crippen LogP contribution < -0.4 is 10.2 Å². The summed E-state index contributed by atoms with van der Waals surface area (Å²) >= 11 is 2.09. The molecule has 8 heteroatoms. The zero-order chi connectivity index (χ0) is 19.2. The van der Waals surface area contributed by atoms with Crippen molar-refractivity contribution >= 4 is 47.5 Å². The van der Waals surface area contributed by atoms with Gasteiger partial charge in [-0.15, -0.1) is 24.0 Å². The summed E-state index contributed by atoms with van der Waals surface area (Å²) in [4.78, 5) is 16.3. The lowest BCUT2D eigenvalue weighted by Crippen LogP contribution is -2.48. The van der Waals surface area contributed by atoms with Gasteiger partial charge in [-0.1, -0.05) is 13.8 Å². The molecule has 28 heavy (non-hydrogen) atoms. The molecule has 0 aliphatic carbocycles. The molecule has 1 atom stereocenters. The summed E-state index contributed by atoms with van der Waals surface area (Å²) in [7, 11) is 4.07. The normalized spacial score (nSPS) is 21.6. The first-order valence-corrected chi connectivity index (χ1v) is 11.1. The second kappa shape index (κ2) is 11.4. The van der Waals surface area contributed by atoms with E-state index in [4.69, 9.17) is 0 Å². The Kier molecular flexibility index (Phi) is 9.62. The predicted molar refractivity (Wildman–Crippen MR) is 132 cm³/mol. The number of pyridine rings is 1. The summed E-state index contributed by atoms with van der Waals surface area (Å²) in [5.74, 6) is 3.97. The lowest BCUT2D eigenvalue weighted by Gasteiger charge is -2.36. The third kappa shape index (κ3) is 6.38. The SMILES string of the molecule is CN=C(NCc1ccnc(N2CCN(C)CC2)c1)N1CCSC(C(C)C)C1.I. The van der Waals surface area contributed by atoms with Gasteiger partial charge in [-0.2, -0.15) is 11.8 Å². The van der Waals surface area contributed by atoms with Crippen molar-refractivity contribution in [2.24, 2.45) is 10.9 Å². The first-order chi connectivity index (χ1) is 13.1. The van der Waals surface area contributed by atoms with Crippen molar-refractivity contribution in [3.8, 4) is 0 Å². The largest absolute Gasteiger partial charge is 0.354 e. The van der Waals surface area contributed by atoms with E-state index in [9.17, 15) is 0 Å². The summed E-state index contributed by atoms with van der Waals surface area (Å²) in [6.45, 7) is 11.8. The van der Waals surface area contributed by atoms with Crippen LogP contribution in [0.3, 0.4) is 0 Å². The van der Waals surface area contributed by atoms with Crippen LogP contribution in [0, 0.1) is 5.92 Å². The van der Waals surface area contributed by atoms with Gasteiger partial charge in [0.05, 0.1) is 0 Å². The van der Waals surface area contributed by atoms with Crippen molar-refractivity contribution in [3.05, 3.63) is 23.9 Å². The van der Waals surface area contributed by atoms with Crippen LogP contribution >= 0.6 is 35.7 Å². The number of piperazine rings is 1. The molecule has 2 aliphatic rings. The maximum absolute atomic E-state index is 4.59. The fraction of sp³-hybridized carbons (Fsp3) is 0.700. The highest BCUT2D eigenvalue weighted by Gasteiger charge is 2.24. The number of hydrogen-bond acceptors (Lipinski definition) is 5. The molecule has 1 unspecified atom stereocenters. The van der Waals surface area contributed by atoms with E-state index in [0.29, 0.717) is 11.2 Å². The van der Waals surface area contributed by atoms with E-state index >= 15 is 0 Å². The molecule has 2 saturated heterocycles. The summed E-state index contributed by atoms with van der Waals surface area (Å²) in [5, 5.41) is 4.25. The molecule has 3 heterocycles. The Bertz CT molecular complexity index is 633. The van der Waals surface area contributed by atoms with Crippen LogP contribution in [0.4, 0.5) is 5.82 Å². The van der Waals surface area contributed by atoms with Gasteiger partial charge in [-0.3, -0.25) is 4.99 Å². The van der Waals surface area contributed by atoms with E-state index in [1.165, 1.54) is 11.3 Å². The molecule has 158 valence electrons.